The second-order valence-corrected chi connectivity index (χ2v) is 6.55. The highest BCUT2D eigenvalue weighted by atomic mass is 16.5. The predicted octanol–water partition coefficient (Wildman–Crippen LogP) is 4.57. The highest BCUT2D eigenvalue weighted by Gasteiger charge is 2.27. The molecule has 0 spiro atoms. The number of benzene rings is 2. The summed E-state index contributed by atoms with van der Waals surface area (Å²) in [6, 6.07) is 21.5. The number of rotatable bonds is 5. The van der Waals surface area contributed by atoms with Crippen molar-refractivity contribution in [2.24, 2.45) is 0 Å². The van der Waals surface area contributed by atoms with Crippen molar-refractivity contribution in [3.8, 4) is 5.69 Å². The summed E-state index contributed by atoms with van der Waals surface area (Å²) in [5.74, 6) is 0. The molecular weight excluding hydrogens is 308 g/mol. The Morgan fingerprint density at radius 2 is 1.76 bits per heavy atom. The Balaban J connectivity index is 1.52. The molecule has 0 N–H and O–H groups in total. The Kier molecular flexibility index (Phi) is 4.68. The van der Waals surface area contributed by atoms with Gasteiger partial charge in [-0.05, 0) is 35.7 Å². The molecule has 0 unspecified atom stereocenters. The Morgan fingerprint density at radius 1 is 0.960 bits per heavy atom. The summed E-state index contributed by atoms with van der Waals surface area (Å²) < 4.78 is 8.20. The van der Waals surface area contributed by atoms with E-state index in [9.17, 15) is 0 Å². The molecule has 1 saturated heterocycles. The molecular formula is C22H24N2O. The number of hydrogen-bond donors (Lipinski definition) is 0. The third-order valence-electron chi connectivity index (χ3n) is 4.86. The summed E-state index contributed by atoms with van der Waals surface area (Å²) >= 11 is 0. The number of nitrogens with zero attached hydrogens (tertiary/aromatic N) is 2. The van der Waals surface area contributed by atoms with Crippen LogP contribution >= 0.6 is 0 Å². The van der Waals surface area contributed by atoms with Gasteiger partial charge >= 0.3 is 0 Å². The summed E-state index contributed by atoms with van der Waals surface area (Å²) in [5, 5.41) is 0. The van der Waals surface area contributed by atoms with Crippen LogP contribution in [0.15, 0.2) is 73.1 Å². The van der Waals surface area contributed by atoms with E-state index in [1.165, 1.54) is 22.4 Å². The Labute approximate surface area is 149 Å². The fourth-order valence-corrected chi connectivity index (χ4v) is 3.41. The van der Waals surface area contributed by atoms with Crippen LogP contribution in [0.1, 0.15) is 29.8 Å². The zero-order chi connectivity index (χ0) is 17.1. The van der Waals surface area contributed by atoms with E-state index in [-0.39, 0.29) is 6.23 Å². The molecule has 4 rings (SSSR count). The molecule has 2 aromatic carbocycles. The highest BCUT2D eigenvalue weighted by molar-refractivity contribution is 5.36. The molecule has 1 aliphatic heterocycles. The molecule has 25 heavy (non-hydrogen) atoms. The maximum absolute atomic E-state index is 6.02. The molecule has 2 heterocycles. The first-order chi connectivity index (χ1) is 12.3. The first-order valence-corrected chi connectivity index (χ1v) is 9.00. The van der Waals surface area contributed by atoms with Crippen molar-refractivity contribution in [1.29, 1.82) is 0 Å². The fraction of sp³-hybridized carbons (Fsp3) is 0.273. The van der Waals surface area contributed by atoms with Crippen LogP contribution in [0, 0.1) is 0 Å². The minimum absolute atomic E-state index is 0.0383. The number of aromatic nitrogens is 1. The lowest BCUT2D eigenvalue weighted by molar-refractivity contribution is 0.0288. The zero-order valence-electron chi connectivity index (χ0n) is 14.6. The maximum atomic E-state index is 6.02. The van der Waals surface area contributed by atoms with Gasteiger partial charge in [-0.3, -0.25) is 4.90 Å². The van der Waals surface area contributed by atoms with E-state index in [4.69, 9.17) is 4.74 Å². The molecule has 0 saturated carbocycles. The Morgan fingerprint density at radius 3 is 2.52 bits per heavy atom. The summed E-state index contributed by atoms with van der Waals surface area (Å²) in [7, 11) is 0. The topological polar surface area (TPSA) is 17.4 Å². The van der Waals surface area contributed by atoms with Crippen molar-refractivity contribution >= 4 is 0 Å². The number of hydrogen-bond acceptors (Lipinski definition) is 2. The molecule has 1 fully saturated rings. The first-order valence-electron chi connectivity index (χ1n) is 9.00. The molecule has 128 valence electrons. The van der Waals surface area contributed by atoms with Gasteiger partial charge in [0.1, 0.15) is 6.23 Å². The molecule has 3 aromatic rings. The molecule has 0 bridgehead atoms. The van der Waals surface area contributed by atoms with Crippen LogP contribution in [0.2, 0.25) is 0 Å². The van der Waals surface area contributed by atoms with Crippen molar-refractivity contribution in [3.63, 3.8) is 0 Å². The third-order valence-corrected chi connectivity index (χ3v) is 4.86. The van der Waals surface area contributed by atoms with E-state index < -0.39 is 0 Å². The van der Waals surface area contributed by atoms with Crippen molar-refractivity contribution in [2.45, 2.75) is 26.1 Å². The molecule has 0 amide bonds. The molecule has 0 radical (unpaired) electrons. The number of ether oxygens (including phenoxy) is 1. The minimum atomic E-state index is 0.0383. The van der Waals surface area contributed by atoms with E-state index in [1.807, 2.05) is 0 Å². The average Bonchev–Trinajstić information content (AvgIpc) is 3.32. The SMILES string of the molecule is CCc1ccc(-n2ccc([C@@H]3OCCN3Cc3ccccc3)c2)cc1. The van der Waals surface area contributed by atoms with Crippen molar-refractivity contribution < 1.29 is 4.74 Å². The monoisotopic (exact) mass is 332 g/mol. The normalized spacial score (nSPS) is 17.9. The second kappa shape index (κ2) is 7.26. The van der Waals surface area contributed by atoms with Crippen molar-refractivity contribution in [2.75, 3.05) is 13.2 Å². The van der Waals surface area contributed by atoms with Crippen LogP contribution in [-0.4, -0.2) is 22.6 Å². The first kappa shape index (κ1) is 16.1. The lowest BCUT2D eigenvalue weighted by Crippen LogP contribution is -2.23. The van der Waals surface area contributed by atoms with Crippen molar-refractivity contribution in [1.82, 2.24) is 9.47 Å². The van der Waals surface area contributed by atoms with Gasteiger partial charge in [0.25, 0.3) is 0 Å². The summed E-state index contributed by atoms with van der Waals surface area (Å²) in [6.45, 7) is 4.85. The van der Waals surface area contributed by atoms with E-state index in [0.29, 0.717) is 0 Å². The van der Waals surface area contributed by atoms with Gasteiger partial charge in [-0.1, -0.05) is 49.4 Å². The summed E-state index contributed by atoms with van der Waals surface area (Å²) in [6.07, 6.45) is 5.42. The van der Waals surface area contributed by atoms with Crippen LogP contribution in [0.3, 0.4) is 0 Å². The molecule has 3 heteroatoms. The van der Waals surface area contributed by atoms with E-state index in [0.717, 1.165) is 26.1 Å². The van der Waals surface area contributed by atoms with E-state index in [2.05, 4.69) is 89.4 Å². The van der Waals surface area contributed by atoms with Crippen molar-refractivity contribution in [3.05, 3.63) is 89.7 Å². The van der Waals surface area contributed by atoms with Gasteiger partial charge in [-0.15, -0.1) is 0 Å². The fourth-order valence-electron chi connectivity index (χ4n) is 3.41. The van der Waals surface area contributed by atoms with Gasteiger partial charge in [-0.25, -0.2) is 0 Å². The standard InChI is InChI=1S/C22H24N2O/c1-2-18-8-10-21(11-9-18)23-13-12-20(17-23)22-24(14-15-25-22)16-19-6-4-3-5-7-19/h3-13,17,22H,2,14-16H2,1H3/t22-/m0/s1. The Hall–Kier alpha value is -2.36. The number of aryl methyl sites for hydroxylation is 1. The van der Waals surface area contributed by atoms with Gasteiger partial charge in [0.05, 0.1) is 6.61 Å². The molecule has 1 aliphatic rings. The quantitative estimate of drug-likeness (QED) is 0.681. The lowest BCUT2D eigenvalue weighted by Gasteiger charge is -2.22. The second-order valence-electron chi connectivity index (χ2n) is 6.55. The van der Waals surface area contributed by atoms with Crippen LogP contribution in [0.4, 0.5) is 0 Å². The molecule has 3 nitrogen and oxygen atoms in total. The zero-order valence-corrected chi connectivity index (χ0v) is 14.6. The smallest absolute Gasteiger partial charge is 0.138 e. The van der Waals surface area contributed by atoms with Gasteiger partial charge < -0.3 is 9.30 Å². The molecule has 1 aromatic heterocycles. The largest absolute Gasteiger partial charge is 0.357 e. The van der Waals surface area contributed by atoms with E-state index >= 15 is 0 Å². The van der Waals surface area contributed by atoms with E-state index in [1.54, 1.807) is 0 Å². The average molecular weight is 332 g/mol. The van der Waals surface area contributed by atoms with Crippen LogP contribution in [0.5, 0.6) is 0 Å². The van der Waals surface area contributed by atoms with Crippen LogP contribution in [0.25, 0.3) is 5.69 Å². The maximum Gasteiger partial charge on any atom is 0.138 e. The lowest BCUT2D eigenvalue weighted by atomic mass is 10.1. The van der Waals surface area contributed by atoms with Gasteiger partial charge in [-0.2, -0.15) is 0 Å². The minimum Gasteiger partial charge on any atom is -0.357 e. The third kappa shape index (κ3) is 3.53. The summed E-state index contributed by atoms with van der Waals surface area (Å²) in [4.78, 5) is 2.40. The molecule has 1 atom stereocenters. The highest BCUT2D eigenvalue weighted by Crippen LogP contribution is 2.29. The Bertz CT molecular complexity index is 808. The van der Waals surface area contributed by atoms with Crippen LogP contribution in [-0.2, 0) is 17.7 Å². The summed E-state index contributed by atoms with van der Waals surface area (Å²) in [5.41, 5.74) is 5.10. The predicted molar refractivity (Wildman–Crippen MR) is 101 cm³/mol. The van der Waals surface area contributed by atoms with Crippen LogP contribution < -0.4 is 0 Å². The molecule has 0 aliphatic carbocycles. The van der Waals surface area contributed by atoms with Gasteiger partial charge in [0.2, 0.25) is 0 Å². The van der Waals surface area contributed by atoms with Gasteiger partial charge in [0.15, 0.2) is 0 Å². The van der Waals surface area contributed by atoms with Gasteiger partial charge in [0, 0.05) is 36.7 Å².